The van der Waals surface area contributed by atoms with Crippen LogP contribution < -0.4 is 0 Å². The normalized spacial score (nSPS) is 28.7. The molecule has 0 saturated carbocycles. The van der Waals surface area contributed by atoms with Crippen LogP contribution in [0.2, 0.25) is 0 Å². The summed E-state index contributed by atoms with van der Waals surface area (Å²) in [6, 6.07) is 0. The number of thioether (sulfide) groups is 2. The Hall–Kier alpha value is 1.42. The molecule has 0 bridgehead atoms. The maximum absolute atomic E-state index is 4.81. The molecule has 25 heavy (non-hydrogen) atoms. The Balaban J connectivity index is 0.000000701. The van der Waals surface area contributed by atoms with E-state index in [1.54, 1.807) is 22.3 Å². The molecule has 0 aromatic rings. The molecule has 0 radical (unpaired) electrons. The molecule has 0 aromatic heterocycles. The van der Waals surface area contributed by atoms with Crippen LogP contribution in [0.1, 0.15) is 55.4 Å². The molecular formula is C20H32Cl2PdS2. The van der Waals surface area contributed by atoms with Gasteiger partial charge in [-0.05, 0) is 44.0 Å². The van der Waals surface area contributed by atoms with E-state index in [-0.39, 0.29) is 15.9 Å². The van der Waals surface area contributed by atoms with Gasteiger partial charge in [-0.3, -0.25) is 0 Å². The van der Waals surface area contributed by atoms with Crippen molar-refractivity contribution in [1.82, 2.24) is 0 Å². The van der Waals surface area contributed by atoms with E-state index >= 15 is 0 Å². The van der Waals surface area contributed by atoms with Crippen molar-refractivity contribution in [3.05, 3.63) is 22.3 Å². The first-order valence-electron chi connectivity index (χ1n) is 8.81. The number of hydrogen-bond donors (Lipinski definition) is 0. The summed E-state index contributed by atoms with van der Waals surface area (Å²) in [6.45, 7) is 19.8. The van der Waals surface area contributed by atoms with Crippen LogP contribution in [0.3, 0.4) is 0 Å². The zero-order chi connectivity index (χ0) is 19.3. The monoisotopic (exact) mass is 512 g/mol. The molecule has 0 nitrogen and oxygen atoms in total. The van der Waals surface area contributed by atoms with Gasteiger partial charge < -0.3 is 0 Å². The van der Waals surface area contributed by atoms with Crippen LogP contribution in [0.25, 0.3) is 0 Å². The Kier molecular flexibility index (Phi) is 6.98. The third-order valence-electron chi connectivity index (χ3n) is 5.56. The van der Waals surface area contributed by atoms with Crippen LogP contribution in [0.4, 0.5) is 0 Å². The molecule has 0 unspecified atom stereocenters. The minimum atomic E-state index is -0.106. The van der Waals surface area contributed by atoms with E-state index in [0.717, 1.165) is 0 Å². The Morgan fingerprint density at radius 1 is 0.560 bits per heavy atom. The second-order valence-corrected chi connectivity index (χ2v) is 14.4. The average molecular weight is 514 g/mol. The van der Waals surface area contributed by atoms with Crippen LogP contribution in [-0.2, 0) is 15.9 Å². The van der Waals surface area contributed by atoms with E-state index < -0.39 is 0 Å². The summed E-state index contributed by atoms with van der Waals surface area (Å²) in [5, 5.41) is 0. The van der Waals surface area contributed by atoms with E-state index in [2.05, 4.69) is 78.9 Å². The van der Waals surface area contributed by atoms with Gasteiger partial charge in [-0.2, -0.15) is 23.5 Å². The summed E-state index contributed by atoms with van der Waals surface area (Å²) in [5.41, 5.74) is 8.20. The summed E-state index contributed by atoms with van der Waals surface area (Å²) in [6.07, 6.45) is 0. The van der Waals surface area contributed by atoms with E-state index in [4.69, 9.17) is 19.1 Å². The average Bonchev–Trinajstić information content (AvgIpc) is 2.44. The van der Waals surface area contributed by atoms with Gasteiger partial charge in [0, 0.05) is 23.0 Å². The molecule has 5 heteroatoms. The molecule has 0 saturated heterocycles. The number of hydrogen-bond acceptors (Lipinski definition) is 2. The predicted octanol–water partition coefficient (Wildman–Crippen LogP) is 7.57. The van der Waals surface area contributed by atoms with E-state index in [0.29, 0.717) is 21.7 Å². The van der Waals surface area contributed by atoms with Crippen molar-refractivity contribution in [3.63, 3.8) is 0 Å². The van der Waals surface area contributed by atoms with Crippen molar-refractivity contribution in [2.24, 2.45) is 21.7 Å². The van der Waals surface area contributed by atoms with Crippen molar-refractivity contribution >= 4 is 42.6 Å². The fraction of sp³-hybridized carbons (Fsp3) is 0.800. The first-order valence-corrected chi connectivity index (χ1v) is 15.1. The summed E-state index contributed by atoms with van der Waals surface area (Å²) in [7, 11) is 9.63. The molecule has 2 heterocycles. The van der Waals surface area contributed by atoms with Crippen LogP contribution in [-0.4, -0.2) is 23.0 Å². The van der Waals surface area contributed by atoms with E-state index in [9.17, 15) is 0 Å². The van der Waals surface area contributed by atoms with E-state index in [1.165, 1.54) is 23.0 Å². The number of fused-ring (bicyclic) bond motifs is 2. The fourth-order valence-corrected chi connectivity index (χ4v) is 7.38. The van der Waals surface area contributed by atoms with Crippen molar-refractivity contribution < 1.29 is 15.9 Å². The summed E-state index contributed by atoms with van der Waals surface area (Å²) < 4.78 is 0. The van der Waals surface area contributed by atoms with Gasteiger partial charge in [-0.1, -0.05) is 55.4 Å². The third kappa shape index (κ3) is 4.23. The zero-order valence-corrected chi connectivity index (χ0v) is 21.4. The first kappa shape index (κ1) is 22.7. The second-order valence-electron chi connectivity index (χ2n) is 10.1. The van der Waals surface area contributed by atoms with Crippen LogP contribution in [0.5, 0.6) is 0 Å². The van der Waals surface area contributed by atoms with Crippen LogP contribution in [0.15, 0.2) is 22.3 Å². The quantitative estimate of drug-likeness (QED) is 0.306. The third-order valence-corrected chi connectivity index (χ3v) is 9.26. The molecule has 3 aliphatic rings. The Morgan fingerprint density at radius 3 is 0.880 bits per heavy atom. The van der Waals surface area contributed by atoms with Crippen LogP contribution >= 0.6 is 42.6 Å². The molecule has 0 aromatic carbocycles. The van der Waals surface area contributed by atoms with Crippen LogP contribution in [0, 0.1) is 21.7 Å². The topological polar surface area (TPSA) is 0 Å². The standard InChI is InChI=1S/C20H32S2.2ClH.Pd/c1-17(2)9-21-10-18(3,4)14-13(17)15-16(14)20(7,8)12-22-11-19(15,5)6;;;/h9-12H2,1-8H3;2*1H;/q;;;+2/p-2. The van der Waals surface area contributed by atoms with Gasteiger partial charge in [-0.25, -0.2) is 0 Å². The summed E-state index contributed by atoms with van der Waals surface area (Å²) in [5.74, 6) is 5.04. The van der Waals surface area contributed by atoms with Gasteiger partial charge in [0.1, 0.15) is 0 Å². The first-order chi connectivity index (χ1) is 11.3. The predicted molar refractivity (Wildman–Crippen MR) is 116 cm³/mol. The fourth-order valence-electron chi connectivity index (χ4n) is 4.56. The van der Waals surface area contributed by atoms with Gasteiger partial charge >= 0.3 is 35.0 Å². The molecule has 3 rings (SSSR count). The Labute approximate surface area is 179 Å². The SMILES string of the molecule is CC1(C)CSCC(C)(C)C2=C1C1=C2C(C)(C)CSCC1(C)C.[Cl][Pd][Cl]. The Bertz CT molecular complexity index is 490. The summed E-state index contributed by atoms with van der Waals surface area (Å²) in [4.78, 5) is 0. The molecule has 148 valence electrons. The van der Waals surface area contributed by atoms with Crippen molar-refractivity contribution in [2.75, 3.05) is 23.0 Å². The second kappa shape index (κ2) is 7.68. The zero-order valence-electron chi connectivity index (χ0n) is 16.7. The van der Waals surface area contributed by atoms with Crippen molar-refractivity contribution in [2.45, 2.75) is 55.4 Å². The molecular weight excluding hydrogens is 482 g/mol. The van der Waals surface area contributed by atoms with Gasteiger partial charge in [0.25, 0.3) is 0 Å². The van der Waals surface area contributed by atoms with Gasteiger partial charge in [0.05, 0.1) is 0 Å². The number of halogens is 2. The molecule has 1 aliphatic carbocycles. The molecule has 0 N–H and O–H groups in total. The van der Waals surface area contributed by atoms with Gasteiger partial charge in [0.15, 0.2) is 0 Å². The maximum atomic E-state index is 4.81. The Morgan fingerprint density at radius 2 is 0.720 bits per heavy atom. The minimum absolute atomic E-state index is 0.106. The van der Waals surface area contributed by atoms with Gasteiger partial charge in [0.2, 0.25) is 0 Å². The summed E-state index contributed by atoms with van der Waals surface area (Å²) >= 11 is 4.20. The number of rotatable bonds is 0. The molecule has 0 fully saturated rings. The van der Waals surface area contributed by atoms with Crippen molar-refractivity contribution in [1.29, 1.82) is 0 Å². The molecule has 0 amide bonds. The molecule has 2 aliphatic heterocycles. The van der Waals surface area contributed by atoms with E-state index in [1.807, 2.05) is 0 Å². The molecule has 0 atom stereocenters. The number of allylic oxidation sites excluding steroid dienone is 4. The van der Waals surface area contributed by atoms with Crippen molar-refractivity contribution in [3.8, 4) is 0 Å². The van der Waals surface area contributed by atoms with Gasteiger partial charge in [-0.15, -0.1) is 0 Å². The molecule has 0 spiro atoms.